The monoisotopic (exact) mass is 387 g/mol. The van der Waals surface area contributed by atoms with Crippen molar-refractivity contribution in [3.05, 3.63) is 69.5 Å². The lowest BCUT2D eigenvalue weighted by molar-refractivity contribution is 0.681. The summed E-state index contributed by atoms with van der Waals surface area (Å²) in [5, 5.41) is 6.43. The molecular weight excluding hydrogens is 365 g/mol. The van der Waals surface area contributed by atoms with Gasteiger partial charge in [-0.3, -0.25) is 4.57 Å². The minimum atomic E-state index is -0.314. The van der Waals surface area contributed by atoms with Crippen molar-refractivity contribution in [2.45, 2.75) is 13.0 Å². The van der Waals surface area contributed by atoms with E-state index in [2.05, 4.69) is 39.4 Å². The number of benzene rings is 1. The Hall–Kier alpha value is -2.71. The minimum Gasteiger partial charge on any atom is -0.378 e. The van der Waals surface area contributed by atoms with Crippen molar-refractivity contribution < 1.29 is 4.39 Å². The van der Waals surface area contributed by atoms with E-state index in [0.717, 1.165) is 21.0 Å². The molecule has 6 nitrogen and oxygen atoms in total. The Labute approximate surface area is 160 Å². The lowest BCUT2D eigenvalue weighted by Gasteiger charge is -2.12. The Bertz CT molecular complexity index is 984. The van der Waals surface area contributed by atoms with Gasteiger partial charge < -0.3 is 10.6 Å². The summed E-state index contributed by atoms with van der Waals surface area (Å²) in [4.78, 5) is 16.3. The number of nitrogens with zero attached hydrogens (tertiary/aromatic N) is 3. The van der Waals surface area contributed by atoms with Crippen molar-refractivity contribution >= 4 is 17.0 Å². The molecule has 142 valence electrons. The molecule has 0 bridgehead atoms. The molecule has 3 N–H and O–H groups in total. The number of hydrogen-bond donors (Lipinski definition) is 2. The number of anilines is 1. The molecule has 27 heavy (non-hydrogen) atoms. The first kappa shape index (κ1) is 19.1. The van der Waals surface area contributed by atoms with E-state index >= 15 is 0 Å². The summed E-state index contributed by atoms with van der Waals surface area (Å²) in [6.07, 6.45) is 0.681. The second-order valence-corrected chi connectivity index (χ2v) is 7.55. The molecule has 0 saturated carbocycles. The third-order valence-electron chi connectivity index (χ3n) is 4.28. The molecule has 0 fully saturated rings. The summed E-state index contributed by atoms with van der Waals surface area (Å²) in [5.41, 5.74) is 7.85. The van der Waals surface area contributed by atoms with E-state index in [4.69, 9.17) is 5.73 Å². The number of rotatable bonds is 7. The van der Waals surface area contributed by atoms with Gasteiger partial charge in [-0.25, -0.2) is 14.3 Å². The molecule has 8 heteroatoms. The van der Waals surface area contributed by atoms with E-state index in [1.807, 2.05) is 26.2 Å². The lowest BCUT2D eigenvalue weighted by atomic mass is 10.1. The van der Waals surface area contributed by atoms with Crippen LogP contribution in [0.2, 0.25) is 0 Å². The highest BCUT2D eigenvalue weighted by atomic mass is 32.1. The van der Waals surface area contributed by atoms with Gasteiger partial charge in [0.2, 0.25) is 0 Å². The maximum absolute atomic E-state index is 12.8. The van der Waals surface area contributed by atoms with Gasteiger partial charge >= 0.3 is 5.69 Å². The fourth-order valence-electron chi connectivity index (χ4n) is 2.70. The fraction of sp³-hybridized carbons (Fsp3) is 0.263. The number of aromatic nitrogens is 3. The van der Waals surface area contributed by atoms with E-state index in [1.54, 1.807) is 11.3 Å². The van der Waals surface area contributed by atoms with Crippen LogP contribution >= 0.6 is 11.3 Å². The topological polar surface area (TPSA) is 79.9 Å². The first-order valence-electron chi connectivity index (χ1n) is 8.50. The molecule has 0 aliphatic heterocycles. The number of nitrogens with two attached hydrogens (primary N) is 1. The zero-order valence-corrected chi connectivity index (χ0v) is 16.1. The lowest BCUT2D eigenvalue weighted by Crippen LogP contribution is -2.20. The van der Waals surface area contributed by atoms with E-state index in [1.165, 1.54) is 4.57 Å². The molecule has 0 radical (unpaired) electrons. The Kier molecular flexibility index (Phi) is 5.88. The smallest absolute Gasteiger partial charge is 0.343 e. The molecule has 2 aromatic heterocycles. The Morgan fingerprint density at radius 1 is 1.30 bits per heavy atom. The zero-order chi connectivity index (χ0) is 19.4. The van der Waals surface area contributed by atoms with Crippen LogP contribution in [0.25, 0.3) is 10.4 Å². The van der Waals surface area contributed by atoms with Crippen molar-refractivity contribution in [1.82, 2.24) is 14.8 Å². The largest absolute Gasteiger partial charge is 0.378 e. The maximum atomic E-state index is 12.8. The number of H-pyrrole nitrogens is 1. The highest BCUT2D eigenvalue weighted by Crippen LogP contribution is 2.29. The van der Waals surface area contributed by atoms with Gasteiger partial charge in [0.25, 0.3) is 0 Å². The molecule has 0 saturated heterocycles. The molecule has 0 spiro atoms. The quantitative estimate of drug-likeness (QED) is 0.653. The van der Waals surface area contributed by atoms with Crippen LogP contribution in [0.5, 0.6) is 0 Å². The van der Waals surface area contributed by atoms with E-state index in [0.29, 0.717) is 24.3 Å². The maximum Gasteiger partial charge on any atom is 0.343 e. The minimum absolute atomic E-state index is 0.0869. The fourth-order valence-corrected chi connectivity index (χ4v) is 3.71. The van der Waals surface area contributed by atoms with Crippen LogP contribution in [0.1, 0.15) is 10.7 Å². The first-order valence-corrected chi connectivity index (χ1v) is 9.32. The van der Waals surface area contributed by atoms with Gasteiger partial charge in [0, 0.05) is 42.5 Å². The second kappa shape index (κ2) is 8.32. The molecule has 0 aliphatic carbocycles. The summed E-state index contributed by atoms with van der Waals surface area (Å²) in [7, 11) is 4.01. The molecule has 0 aliphatic rings. The standard InChI is InChI=1S/C19H22FN5OS/c1-24(2)15-5-3-14(4-6-15)17-8-7-16(27-17)12-25-18(22-23-19(25)26)9-13(10-20)11-21/h3-8,10H,9,11-12,21H2,1-2H3,(H,23,26)/b13-10+. The summed E-state index contributed by atoms with van der Waals surface area (Å²) >= 11 is 1.62. The van der Waals surface area contributed by atoms with Crippen molar-refractivity contribution in [3.8, 4) is 10.4 Å². The Morgan fingerprint density at radius 2 is 2.04 bits per heavy atom. The average Bonchev–Trinajstić information content (AvgIpc) is 3.28. The molecule has 2 heterocycles. The first-order chi connectivity index (χ1) is 13.0. The predicted molar refractivity (Wildman–Crippen MR) is 108 cm³/mol. The average molecular weight is 387 g/mol. The van der Waals surface area contributed by atoms with Gasteiger partial charge in [-0.2, -0.15) is 5.10 Å². The van der Waals surface area contributed by atoms with Crippen LogP contribution in [0.4, 0.5) is 10.1 Å². The summed E-state index contributed by atoms with van der Waals surface area (Å²) in [5.74, 6) is 0.472. The van der Waals surface area contributed by atoms with Crippen LogP contribution in [-0.2, 0) is 13.0 Å². The normalized spacial score (nSPS) is 11.8. The highest BCUT2D eigenvalue weighted by Gasteiger charge is 2.12. The number of halogens is 1. The molecule has 3 rings (SSSR count). The van der Waals surface area contributed by atoms with E-state index < -0.39 is 0 Å². The Morgan fingerprint density at radius 3 is 2.67 bits per heavy atom. The van der Waals surface area contributed by atoms with Gasteiger partial charge in [0.1, 0.15) is 5.82 Å². The van der Waals surface area contributed by atoms with Crippen LogP contribution < -0.4 is 16.3 Å². The number of hydrogen-bond acceptors (Lipinski definition) is 5. The van der Waals surface area contributed by atoms with Crippen molar-refractivity contribution in [3.63, 3.8) is 0 Å². The third kappa shape index (κ3) is 4.35. The van der Waals surface area contributed by atoms with Crippen molar-refractivity contribution in [2.24, 2.45) is 5.73 Å². The van der Waals surface area contributed by atoms with E-state index in [9.17, 15) is 9.18 Å². The molecule has 3 aromatic rings. The summed E-state index contributed by atoms with van der Waals surface area (Å²) in [6, 6.07) is 12.4. The van der Waals surface area contributed by atoms with Gasteiger partial charge in [0.05, 0.1) is 12.9 Å². The molecule has 0 unspecified atom stereocenters. The van der Waals surface area contributed by atoms with Gasteiger partial charge in [-0.05, 0) is 35.4 Å². The molecule has 0 atom stereocenters. The number of nitrogens with one attached hydrogen (secondary N) is 1. The summed E-state index contributed by atoms with van der Waals surface area (Å²) in [6.45, 7) is 0.471. The van der Waals surface area contributed by atoms with Crippen molar-refractivity contribution in [2.75, 3.05) is 25.5 Å². The van der Waals surface area contributed by atoms with Crippen LogP contribution in [0.15, 0.2) is 53.1 Å². The molecular formula is C19H22FN5OS. The predicted octanol–water partition coefficient (Wildman–Crippen LogP) is 2.77. The van der Waals surface area contributed by atoms with Gasteiger partial charge in [-0.1, -0.05) is 12.1 Å². The molecule has 0 amide bonds. The van der Waals surface area contributed by atoms with Crippen LogP contribution in [0, 0.1) is 0 Å². The third-order valence-corrected chi connectivity index (χ3v) is 5.40. The number of thiophene rings is 1. The van der Waals surface area contributed by atoms with Crippen molar-refractivity contribution in [1.29, 1.82) is 0 Å². The van der Waals surface area contributed by atoms with Gasteiger partial charge in [0.15, 0.2) is 0 Å². The van der Waals surface area contributed by atoms with Gasteiger partial charge in [-0.15, -0.1) is 11.3 Å². The van der Waals surface area contributed by atoms with Crippen LogP contribution in [-0.4, -0.2) is 35.4 Å². The summed E-state index contributed by atoms with van der Waals surface area (Å²) < 4.78 is 14.3. The second-order valence-electron chi connectivity index (χ2n) is 6.39. The Balaban J connectivity index is 1.80. The van der Waals surface area contributed by atoms with Crippen LogP contribution in [0.3, 0.4) is 0 Å². The number of aromatic amines is 1. The molecule has 1 aromatic carbocycles. The SMILES string of the molecule is CN(C)c1ccc(-c2ccc(Cn3c(C/C(=C\F)CN)n[nH]c3=O)s2)cc1. The van der Waals surface area contributed by atoms with E-state index in [-0.39, 0.29) is 18.7 Å². The highest BCUT2D eigenvalue weighted by molar-refractivity contribution is 7.15. The zero-order valence-electron chi connectivity index (χ0n) is 15.3.